The summed E-state index contributed by atoms with van der Waals surface area (Å²) in [5, 5.41) is 0. The molecule has 0 aliphatic carbocycles. The Hall–Kier alpha value is -3.09. The van der Waals surface area contributed by atoms with E-state index >= 15 is 0 Å². The Labute approximate surface area is 126 Å². The molecule has 0 aliphatic rings. The van der Waals surface area contributed by atoms with Gasteiger partial charge in [0.2, 0.25) is 0 Å². The summed E-state index contributed by atoms with van der Waals surface area (Å²) in [6.07, 6.45) is 3.12. The standard InChI is InChI=1S/C15H14N4O3/c1-21-11-4-3-8(5-12(11)22-2)10-7-18-15-13(19-10)9(6-17-15)14(16)20/h3-7H,1-2H3,(H2,16,20)(H,17,18). The highest BCUT2D eigenvalue weighted by Gasteiger charge is 2.13. The molecule has 7 nitrogen and oxygen atoms in total. The van der Waals surface area contributed by atoms with Crippen LogP contribution in [-0.2, 0) is 0 Å². The molecule has 3 rings (SSSR count). The largest absolute Gasteiger partial charge is 0.493 e. The minimum Gasteiger partial charge on any atom is -0.493 e. The first-order valence-electron chi connectivity index (χ1n) is 6.50. The third-order valence-electron chi connectivity index (χ3n) is 3.33. The van der Waals surface area contributed by atoms with Crippen molar-refractivity contribution in [1.29, 1.82) is 0 Å². The maximum Gasteiger partial charge on any atom is 0.252 e. The molecule has 3 aromatic rings. The number of nitrogens with two attached hydrogens (primary N) is 1. The molecule has 1 aromatic carbocycles. The number of aromatic amines is 1. The number of hydrogen-bond donors (Lipinski definition) is 2. The molecule has 0 aliphatic heterocycles. The third kappa shape index (κ3) is 2.22. The van der Waals surface area contributed by atoms with Gasteiger partial charge in [-0.15, -0.1) is 0 Å². The average molecular weight is 298 g/mol. The summed E-state index contributed by atoms with van der Waals surface area (Å²) in [7, 11) is 3.14. The van der Waals surface area contributed by atoms with Crippen LogP contribution in [-0.4, -0.2) is 35.1 Å². The van der Waals surface area contributed by atoms with E-state index in [1.807, 2.05) is 6.07 Å². The van der Waals surface area contributed by atoms with E-state index in [0.29, 0.717) is 33.9 Å². The summed E-state index contributed by atoms with van der Waals surface area (Å²) < 4.78 is 10.5. The van der Waals surface area contributed by atoms with Gasteiger partial charge in [0.25, 0.3) is 5.91 Å². The van der Waals surface area contributed by atoms with Gasteiger partial charge in [0.15, 0.2) is 17.1 Å². The smallest absolute Gasteiger partial charge is 0.252 e. The van der Waals surface area contributed by atoms with Gasteiger partial charge >= 0.3 is 0 Å². The molecule has 0 bridgehead atoms. The van der Waals surface area contributed by atoms with Crippen molar-refractivity contribution in [2.75, 3.05) is 14.2 Å². The molecule has 0 radical (unpaired) electrons. The molecule has 1 amide bonds. The first kappa shape index (κ1) is 13.9. The Morgan fingerprint density at radius 3 is 2.68 bits per heavy atom. The van der Waals surface area contributed by atoms with E-state index in [2.05, 4.69) is 15.0 Å². The van der Waals surface area contributed by atoms with E-state index in [-0.39, 0.29) is 0 Å². The first-order valence-corrected chi connectivity index (χ1v) is 6.50. The van der Waals surface area contributed by atoms with Crippen LogP contribution >= 0.6 is 0 Å². The summed E-state index contributed by atoms with van der Waals surface area (Å²) in [6.45, 7) is 0. The topological polar surface area (TPSA) is 103 Å². The third-order valence-corrected chi connectivity index (χ3v) is 3.33. The zero-order valence-corrected chi connectivity index (χ0v) is 12.1. The van der Waals surface area contributed by atoms with Crippen molar-refractivity contribution in [1.82, 2.24) is 15.0 Å². The van der Waals surface area contributed by atoms with Crippen LogP contribution in [0.25, 0.3) is 22.4 Å². The SMILES string of the molecule is COc1ccc(-c2cnc3[nH]cc(C(N)=O)c3n2)cc1OC. The second-order valence-electron chi connectivity index (χ2n) is 4.59. The number of nitrogens with zero attached hydrogens (tertiary/aromatic N) is 2. The number of rotatable bonds is 4. The second-order valence-corrected chi connectivity index (χ2v) is 4.59. The van der Waals surface area contributed by atoms with Gasteiger partial charge in [-0.25, -0.2) is 9.97 Å². The first-order chi connectivity index (χ1) is 10.6. The number of primary amides is 1. The molecule has 3 N–H and O–H groups in total. The van der Waals surface area contributed by atoms with Gasteiger partial charge in [-0.05, 0) is 18.2 Å². The number of hydrogen-bond acceptors (Lipinski definition) is 5. The predicted octanol–water partition coefficient (Wildman–Crippen LogP) is 1.74. The number of H-pyrrole nitrogens is 1. The number of benzene rings is 1. The fraction of sp³-hybridized carbons (Fsp3) is 0.133. The Morgan fingerprint density at radius 1 is 1.23 bits per heavy atom. The van der Waals surface area contributed by atoms with E-state index in [0.717, 1.165) is 5.56 Å². The van der Waals surface area contributed by atoms with Crippen molar-refractivity contribution in [3.63, 3.8) is 0 Å². The summed E-state index contributed by atoms with van der Waals surface area (Å²) >= 11 is 0. The summed E-state index contributed by atoms with van der Waals surface area (Å²) in [5.41, 5.74) is 8.00. The predicted molar refractivity (Wildman–Crippen MR) is 80.9 cm³/mol. The normalized spacial score (nSPS) is 10.6. The Balaban J connectivity index is 2.13. The lowest BCUT2D eigenvalue weighted by atomic mass is 10.1. The molecular formula is C15H14N4O3. The van der Waals surface area contributed by atoms with Gasteiger partial charge in [0, 0.05) is 11.8 Å². The van der Waals surface area contributed by atoms with Crippen molar-refractivity contribution in [3.05, 3.63) is 36.2 Å². The second kappa shape index (κ2) is 5.36. The number of carbonyl (C=O) groups excluding carboxylic acids is 1. The van der Waals surface area contributed by atoms with Gasteiger partial charge in [-0.3, -0.25) is 4.79 Å². The van der Waals surface area contributed by atoms with Gasteiger partial charge in [0.05, 0.1) is 31.7 Å². The lowest BCUT2D eigenvalue weighted by molar-refractivity contribution is 0.100. The molecule has 0 unspecified atom stereocenters. The van der Waals surface area contributed by atoms with Crippen LogP contribution in [0.15, 0.2) is 30.6 Å². The van der Waals surface area contributed by atoms with Crippen molar-refractivity contribution >= 4 is 17.1 Å². The number of carbonyl (C=O) groups is 1. The number of methoxy groups -OCH3 is 2. The molecule has 0 spiro atoms. The highest BCUT2D eigenvalue weighted by molar-refractivity contribution is 6.03. The molecule has 2 aromatic heterocycles. The lowest BCUT2D eigenvalue weighted by Gasteiger charge is -2.09. The van der Waals surface area contributed by atoms with Crippen LogP contribution in [0, 0.1) is 0 Å². The highest BCUT2D eigenvalue weighted by Crippen LogP contribution is 2.31. The van der Waals surface area contributed by atoms with Gasteiger partial charge < -0.3 is 20.2 Å². The fourth-order valence-electron chi connectivity index (χ4n) is 2.21. The van der Waals surface area contributed by atoms with Gasteiger partial charge in [-0.2, -0.15) is 0 Å². The molecule has 0 fully saturated rings. The molecule has 0 saturated heterocycles. The Kier molecular flexibility index (Phi) is 3.38. The molecular weight excluding hydrogens is 284 g/mol. The summed E-state index contributed by atoms with van der Waals surface area (Å²) in [6, 6.07) is 5.42. The van der Waals surface area contributed by atoms with E-state index in [1.54, 1.807) is 32.5 Å². The fourth-order valence-corrected chi connectivity index (χ4v) is 2.21. The Bertz CT molecular complexity index is 857. The Morgan fingerprint density at radius 2 is 2.00 bits per heavy atom. The number of fused-ring (bicyclic) bond motifs is 1. The molecule has 0 atom stereocenters. The number of ether oxygens (including phenoxy) is 2. The maximum atomic E-state index is 11.4. The van der Waals surface area contributed by atoms with Crippen molar-refractivity contribution < 1.29 is 14.3 Å². The summed E-state index contributed by atoms with van der Waals surface area (Å²) in [5.74, 6) is 0.663. The van der Waals surface area contributed by atoms with Crippen LogP contribution in [0.4, 0.5) is 0 Å². The van der Waals surface area contributed by atoms with E-state index in [1.165, 1.54) is 6.20 Å². The van der Waals surface area contributed by atoms with Crippen LogP contribution in [0.5, 0.6) is 11.5 Å². The zero-order chi connectivity index (χ0) is 15.7. The van der Waals surface area contributed by atoms with Crippen molar-refractivity contribution in [3.8, 4) is 22.8 Å². The summed E-state index contributed by atoms with van der Waals surface area (Å²) in [4.78, 5) is 23.0. The van der Waals surface area contributed by atoms with Crippen molar-refractivity contribution in [2.24, 2.45) is 5.73 Å². The van der Waals surface area contributed by atoms with E-state index in [9.17, 15) is 4.79 Å². The quantitative estimate of drug-likeness (QED) is 0.763. The van der Waals surface area contributed by atoms with E-state index in [4.69, 9.17) is 15.2 Å². The maximum absolute atomic E-state index is 11.4. The minimum atomic E-state index is -0.551. The van der Waals surface area contributed by atoms with E-state index < -0.39 is 5.91 Å². The van der Waals surface area contributed by atoms with Crippen molar-refractivity contribution in [2.45, 2.75) is 0 Å². The van der Waals surface area contributed by atoms with Gasteiger partial charge in [0.1, 0.15) is 5.52 Å². The molecule has 0 saturated carbocycles. The minimum absolute atomic E-state index is 0.310. The monoisotopic (exact) mass is 298 g/mol. The van der Waals surface area contributed by atoms with Crippen LogP contribution in [0.1, 0.15) is 10.4 Å². The number of nitrogens with one attached hydrogen (secondary N) is 1. The molecule has 7 heteroatoms. The molecule has 22 heavy (non-hydrogen) atoms. The van der Waals surface area contributed by atoms with Crippen LogP contribution in [0.3, 0.4) is 0 Å². The highest BCUT2D eigenvalue weighted by atomic mass is 16.5. The van der Waals surface area contributed by atoms with Crippen LogP contribution < -0.4 is 15.2 Å². The van der Waals surface area contributed by atoms with Gasteiger partial charge in [-0.1, -0.05) is 0 Å². The lowest BCUT2D eigenvalue weighted by Crippen LogP contribution is -2.10. The zero-order valence-electron chi connectivity index (χ0n) is 12.1. The van der Waals surface area contributed by atoms with Crippen LogP contribution in [0.2, 0.25) is 0 Å². The molecule has 2 heterocycles. The number of aromatic nitrogens is 3. The number of amides is 1. The average Bonchev–Trinajstić information content (AvgIpc) is 2.97. The molecule has 112 valence electrons.